The number of rotatable bonds is 9. The summed E-state index contributed by atoms with van der Waals surface area (Å²) in [7, 11) is 0. The number of nitrogens with zero attached hydrogens (tertiary/aromatic N) is 1. The van der Waals surface area contributed by atoms with Gasteiger partial charge in [0, 0.05) is 30.0 Å². The number of aliphatic hydroxyl groups is 1. The van der Waals surface area contributed by atoms with Crippen LogP contribution in [0.15, 0.2) is 85.2 Å². The van der Waals surface area contributed by atoms with Crippen molar-refractivity contribution in [2.45, 2.75) is 38.2 Å². The molecule has 0 aliphatic heterocycles. The van der Waals surface area contributed by atoms with Crippen molar-refractivity contribution in [2.24, 2.45) is 0 Å². The number of aromatic nitrogens is 1. The fourth-order valence-electron chi connectivity index (χ4n) is 4.37. The Bertz CT molecular complexity index is 1430. The van der Waals surface area contributed by atoms with Crippen molar-refractivity contribution in [3.05, 3.63) is 102 Å². The van der Waals surface area contributed by atoms with Gasteiger partial charge in [-0.2, -0.15) is 0 Å². The van der Waals surface area contributed by atoms with Gasteiger partial charge in [-0.3, -0.25) is 9.78 Å². The lowest BCUT2D eigenvalue weighted by Crippen LogP contribution is -2.34. The summed E-state index contributed by atoms with van der Waals surface area (Å²) < 4.78 is 5.74. The molecule has 202 valence electrons. The highest BCUT2D eigenvalue weighted by atomic mass is 16.5. The smallest absolute Gasteiger partial charge is 0.404 e. The highest BCUT2D eigenvalue weighted by Crippen LogP contribution is 2.34. The molecule has 2 atom stereocenters. The van der Waals surface area contributed by atoms with Crippen molar-refractivity contribution in [2.75, 3.05) is 18.5 Å². The molecule has 0 spiro atoms. The molecule has 0 saturated carbocycles. The molecule has 2 amide bonds. The summed E-state index contributed by atoms with van der Waals surface area (Å²) in [4.78, 5) is 29.1. The Morgan fingerprint density at radius 2 is 1.67 bits per heavy atom. The molecule has 8 heteroatoms. The van der Waals surface area contributed by atoms with Gasteiger partial charge >= 0.3 is 6.09 Å². The molecular formula is C31H33N3O5. The van der Waals surface area contributed by atoms with E-state index in [4.69, 9.17) is 4.74 Å². The van der Waals surface area contributed by atoms with E-state index in [1.165, 1.54) is 0 Å². The standard InChI is InChI=1S/C31H33N3O5/c1-31(2,3)26-15-23-17-32-14-13-22(23)16-27(26)34-29(36)25(18-33-30(37)38)20-9-11-24(12-10-20)39-19-28(35)21-7-5-4-6-8-21/h4-17,25,28,33,35H,18-19H2,1-3H3,(H,34,36)(H,37,38). The van der Waals surface area contributed by atoms with Crippen LogP contribution >= 0.6 is 0 Å². The fourth-order valence-corrected chi connectivity index (χ4v) is 4.37. The number of anilines is 1. The number of amides is 2. The Balaban J connectivity index is 1.54. The average Bonchev–Trinajstić information content (AvgIpc) is 2.92. The van der Waals surface area contributed by atoms with Crippen LogP contribution in [0.2, 0.25) is 0 Å². The van der Waals surface area contributed by atoms with Gasteiger partial charge in [-0.05, 0) is 57.8 Å². The summed E-state index contributed by atoms with van der Waals surface area (Å²) in [6.07, 6.45) is 1.50. The zero-order chi connectivity index (χ0) is 28.0. The normalized spacial score (nSPS) is 12.9. The first-order valence-corrected chi connectivity index (χ1v) is 12.7. The van der Waals surface area contributed by atoms with Crippen molar-refractivity contribution >= 4 is 28.5 Å². The molecule has 1 heterocycles. The van der Waals surface area contributed by atoms with E-state index in [1.54, 1.807) is 36.7 Å². The Labute approximate surface area is 227 Å². The predicted molar refractivity (Wildman–Crippen MR) is 151 cm³/mol. The first kappa shape index (κ1) is 27.6. The summed E-state index contributed by atoms with van der Waals surface area (Å²) in [5.74, 6) is -0.598. The topological polar surface area (TPSA) is 121 Å². The summed E-state index contributed by atoms with van der Waals surface area (Å²) in [6.45, 7) is 6.17. The molecule has 1 aromatic heterocycles. The Hall–Kier alpha value is -4.43. The van der Waals surface area contributed by atoms with Gasteiger partial charge in [0.2, 0.25) is 5.91 Å². The van der Waals surface area contributed by atoms with Crippen LogP contribution in [0.5, 0.6) is 5.75 Å². The van der Waals surface area contributed by atoms with E-state index in [2.05, 4.69) is 36.4 Å². The van der Waals surface area contributed by atoms with Gasteiger partial charge in [0.1, 0.15) is 18.5 Å². The van der Waals surface area contributed by atoms with Crippen LogP contribution in [0.4, 0.5) is 10.5 Å². The van der Waals surface area contributed by atoms with E-state index in [0.717, 1.165) is 21.9 Å². The number of hydrogen-bond donors (Lipinski definition) is 4. The van der Waals surface area contributed by atoms with Crippen LogP contribution in [0.25, 0.3) is 10.8 Å². The minimum absolute atomic E-state index is 0.0703. The van der Waals surface area contributed by atoms with Crippen LogP contribution in [-0.2, 0) is 10.2 Å². The van der Waals surface area contributed by atoms with Crippen LogP contribution in [-0.4, -0.2) is 40.3 Å². The van der Waals surface area contributed by atoms with Crippen molar-refractivity contribution in [3.8, 4) is 5.75 Å². The van der Waals surface area contributed by atoms with E-state index in [9.17, 15) is 19.8 Å². The monoisotopic (exact) mass is 527 g/mol. The SMILES string of the molecule is CC(C)(C)c1cc2cnccc2cc1NC(=O)C(CNC(=O)O)c1ccc(OCC(O)c2ccccc2)cc1. The maximum atomic E-state index is 13.6. The lowest BCUT2D eigenvalue weighted by molar-refractivity contribution is -0.117. The van der Waals surface area contributed by atoms with Gasteiger partial charge in [0.25, 0.3) is 0 Å². The molecule has 39 heavy (non-hydrogen) atoms. The van der Waals surface area contributed by atoms with Crippen molar-refractivity contribution in [1.29, 1.82) is 0 Å². The number of ether oxygens (including phenoxy) is 1. The molecular weight excluding hydrogens is 494 g/mol. The number of hydrogen-bond acceptors (Lipinski definition) is 5. The Morgan fingerprint density at radius 1 is 0.949 bits per heavy atom. The third-order valence-electron chi connectivity index (χ3n) is 6.49. The zero-order valence-electron chi connectivity index (χ0n) is 22.2. The maximum absolute atomic E-state index is 13.6. The van der Waals surface area contributed by atoms with E-state index in [1.807, 2.05) is 48.5 Å². The number of carboxylic acid groups (broad SMARTS) is 1. The van der Waals surface area contributed by atoms with Gasteiger partial charge in [-0.1, -0.05) is 63.2 Å². The average molecular weight is 528 g/mol. The quantitative estimate of drug-likeness (QED) is 0.224. The largest absolute Gasteiger partial charge is 0.491 e. The molecule has 2 unspecified atom stereocenters. The second-order valence-corrected chi connectivity index (χ2v) is 10.4. The molecule has 0 aliphatic carbocycles. The maximum Gasteiger partial charge on any atom is 0.404 e. The first-order chi connectivity index (χ1) is 18.6. The third kappa shape index (κ3) is 7.12. The van der Waals surface area contributed by atoms with Crippen molar-refractivity contribution in [3.63, 3.8) is 0 Å². The van der Waals surface area contributed by atoms with Crippen LogP contribution in [0, 0.1) is 0 Å². The lowest BCUT2D eigenvalue weighted by atomic mass is 9.84. The van der Waals surface area contributed by atoms with Gasteiger partial charge in [-0.25, -0.2) is 4.79 Å². The second-order valence-electron chi connectivity index (χ2n) is 10.4. The molecule has 0 fully saturated rings. The molecule has 8 nitrogen and oxygen atoms in total. The number of carbonyl (C=O) groups excluding carboxylic acids is 1. The highest BCUT2D eigenvalue weighted by molar-refractivity contribution is 5.99. The number of benzene rings is 3. The molecule has 4 aromatic rings. The van der Waals surface area contributed by atoms with Crippen molar-refractivity contribution < 1.29 is 24.5 Å². The van der Waals surface area contributed by atoms with E-state index in [-0.39, 0.29) is 24.5 Å². The number of pyridine rings is 1. The molecule has 4 N–H and O–H groups in total. The zero-order valence-corrected chi connectivity index (χ0v) is 22.2. The number of nitrogens with one attached hydrogen (secondary N) is 2. The molecule has 3 aromatic carbocycles. The van der Waals surface area contributed by atoms with E-state index >= 15 is 0 Å². The van der Waals surface area contributed by atoms with Crippen LogP contribution in [0.3, 0.4) is 0 Å². The molecule has 0 aliphatic rings. The molecule has 0 radical (unpaired) electrons. The second kappa shape index (κ2) is 12.0. The van der Waals surface area contributed by atoms with Crippen LogP contribution < -0.4 is 15.4 Å². The summed E-state index contributed by atoms with van der Waals surface area (Å²) in [5, 5.41) is 26.9. The summed E-state index contributed by atoms with van der Waals surface area (Å²) in [6, 6.07) is 21.9. The highest BCUT2D eigenvalue weighted by Gasteiger charge is 2.25. The van der Waals surface area contributed by atoms with Crippen LogP contribution in [0.1, 0.15) is 49.5 Å². The summed E-state index contributed by atoms with van der Waals surface area (Å²) >= 11 is 0. The van der Waals surface area contributed by atoms with Gasteiger partial charge in [0.05, 0.1) is 5.92 Å². The van der Waals surface area contributed by atoms with E-state index < -0.39 is 18.1 Å². The third-order valence-corrected chi connectivity index (χ3v) is 6.49. The molecule has 0 bridgehead atoms. The van der Waals surface area contributed by atoms with Gasteiger partial charge in [0.15, 0.2) is 0 Å². The number of carbonyl (C=O) groups is 2. The first-order valence-electron chi connectivity index (χ1n) is 12.7. The summed E-state index contributed by atoms with van der Waals surface area (Å²) in [5.41, 5.74) is 2.73. The Kier molecular flexibility index (Phi) is 8.46. The minimum atomic E-state index is -1.21. The Morgan fingerprint density at radius 3 is 2.33 bits per heavy atom. The molecule has 0 saturated heterocycles. The van der Waals surface area contributed by atoms with E-state index in [0.29, 0.717) is 17.0 Å². The van der Waals surface area contributed by atoms with Gasteiger partial charge in [-0.15, -0.1) is 0 Å². The molecule has 4 rings (SSSR count). The minimum Gasteiger partial charge on any atom is -0.491 e. The van der Waals surface area contributed by atoms with Crippen molar-refractivity contribution in [1.82, 2.24) is 10.3 Å². The predicted octanol–water partition coefficient (Wildman–Crippen LogP) is 5.63. The van der Waals surface area contributed by atoms with Gasteiger partial charge < -0.3 is 25.6 Å². The lowest BCUT2D eigenvalue weighted by Gasteiger charge is -2.25. The number of aliphatic hydroxyl groups excluding tert-OH is 1. The fraction of sp³-hybridized carbons (Fsp3) is 0.258. The number of fused-ring (bicyclic) bond motifs is 1.